The van der Waals surface area contributed by atoms with Crippen LogP contribution in [-0.2, 0) is 17.1 Å². The molecule has 2 aromatic rings. The highest BCUT2D eigenvalue weighted by Gasteiger charge is 2.23. The fourth-order valence-corrected chi connectivity index (χ4v) is 3.66. The number of sulfonamides is 1. The van der Waals surface area contributed by atoms with Crippen LogP contribution in [0.2, 0.25) is 5.15 Å². The summed E-state index contributed by atoms with van der Waals surface area (Å²) in [7, 11) is -2.34. The van der Waals surface area contributed by atoms with Crippen LogP contribution in [-0.4, -0.2) is 28.7 Å². The lowest BCUT2D eigenvalue weighted by Gasteiger charge is -2.02. The molecule has 1 N–H and O–H groups in total. The van der Waals surface area contributed by atoms with E-state index < -0.39 is 10.0 Å². The molecule has 2 rings (SSSR count). The molecule has 10 heteroatoms. The molecule has 0 amide bonds. The van der Waals surface area contributed by atoms with E-state index in [-0.39, 0.29) is 26.8 Å². The maximum Gasteiger partial charge on any atom is 0.284 e. The first-order valence-electron chi connectivity index (χ1n) is 4.97. The average Bonchev–Trinajstić information content (AvgIpc) is 2.87. The summed E-state index contributed by atoms with van der Waals surface area (Å²) in [5, 5.41) is 1.28. The summed E-state index contributed by atoms with van der Waals surface area (Å²) >= 11 is 6.84. The van der Waals surface area contributed by atoms with Crippen LogP contribution in [0.5, 0.6) is 0 Å². The Morgan fingerprint density at radius 1 is 1.53 bits per heavy atom. The van der Waals surface area contributed by atoms with Crippen molar-refractivity contribution < 1.29 is 13.2 Å². The van der Waals surface area contributed by atoms with E-state index in [1.54, 1.807) is 7.05 Å². The van der Waals surface area contributed by atoms with Gasteiger partial charge in [-0.15, -0.1) is 11.3 Å². The fourth-order valence-electron chi connectivity index (χ4n) is 1.22. The van der Waals surface area contributed by atoms with Crippen LogP contribution in [0.25, 0.3) is 0 Å². The molecule has 0 saturated carbocycles. The molecule has 0 radical (unpaired) electrons. The number of Topliss-reactive ketones (excluding diaryl/α,β-unsaturated/α-hetero) is 1. The number of thiazole rings is 1. The minimum atomic E-state index is -3.91. The molecule has 102 valence electrons. The van der Waals surface area contributed by atoms with Gasteiger partial charge < -0.3 is 4.57 Å². The maximum absolute atomic E-state index is 12.0. The summed E-state index contributed by atoms with van der Waals surface area (Å²) in [6.45, 7) is 1.35. The van der Waals surface area contributed by atoms with Gasteiger partial charge in [-0.2, -0.15) is 8.42 Å². The number of rotatable bonds is 4. The number of aryl methyl sites for hydroxylation is 1. The lowest BCUT2D eigenvalue weighted by Crippen LogP contribution is -2.14. The molecule has 0 bridgehead atoms. The number of anilines is 1. The third-order valence-electron chi connectivity index (χ3n) is 2.18. The number of nitrogens with zero attached hydrogens (tertiary/aromatic N) is 3. The van der Waals surface area contributed by atoms with Crippen molar-refractivity contribution >= 4 is 43.9 Å². The Morgan fingerprint density at radius 3 is 2.68 bits per heavy atom. The lowest BCUT2D eigenvalue weighted by molar-refractivity contribution is 0.101. The molecule has 0 aliphatic carbocycles. The number of hydrogen-bond donors (Lipinski definition) is 1. The molecular weight excluding hydrogens is 312 g/mol. The van der Waals surface area contributed by atoms with Crippen molar-refractivity contribution in [2.24, 2.45) is 7.05 Å². The molecular formula is C9H9ClN4O3S2. The van der Waals surface area contributed by atoms with Gasteiger partial charge >= 0.3 is 0 Å². The van der Waals surface area contributed by atoms with E-state index in [0.717, 1.165) is 11.3 Å². The monoisotopic (exact) mass is 320 g/mol. The Bertz CT molecular complexity index is 734. The van der Waals surface area contributed by atoms with E-state index in [9.17, 15) is 13.2 Å². The summed E-state index contributed by atoms with van der Waals surface area (Å²) in [6, 6.07) is 0. The molecule has 0 unspecified atom stereocenters. The fraction of sp³-hybridized carbons (Fsp3) is 0.222. The molecule has 0 aliphatic heterocycles. The van der Waals surface area contributed by atoms with Crippen LogP contribution >= 0.6 is 22.9 Å². The number of carbonyl (C=O) groups is 1. The summed E-state index contributed by atoms with van der Waals surface area (Å²) < 4.78 is 27.7. The van der Waals surface area contributed by atoms with E-state index in [2.05, 4.69) is 14.7 Å². The van der Waals surface area contributed by atoms with E-state index in [0.29, 0.717) is 0 Å². The van der Waals surface area contributed by atoms with Crippen molar-refractivity contribution in [1.82, 2.24) is 14.5 Å². The van der Waals surface area contributed by atoms with E-state index in [1.165, 1.54) is 23.2 Å². The van der Waals surface area contributed by atoms with Crippen molar-refractivity contribution in [3.63, 3.8) is 0 Å². The van der Waals surface area contributed by atoms with E-state index >= 15 is 0 Å². The minimum Gasteiger partial charge on any atom is -0.324 e. The third-order valence-corrected chi connectivity index (χ3v) is 4.89. The largest absolute Gasteiger partial charge is 0.324 e. The molecule has 0 aliphatic rings. The standard InChI is InChI=1S/C9H9ClN4O3S2/c1-5(15)6-3-18-9(12-6)13-19(16,17)8-7(10)14(2)4-11-8/h3-4H,1-2H3,(H,12,13). The lowest BCUT2D eigenvalue weighted by atomic mass is 10.4. The van der Waals surface area contributed by atoms with Gasteiger partial charge in [0.2, 0.25) is 5.03 Å². The van der Waals surface area contributed by atoms with Gasteiger partial charge in [0.15, 0.2) is 10.9 Å². The molecule has 0 spiro atoms. The van der Waals surface area contributed by atoms with Crippen molar-refractivity contribution in [3.8, 4) is 0 Å². The molecule has 19 heavy (non-hydrogen) atoms. The van der Waals surface area contributed by atoms with Gasteiger partial charge in [0.25, 0.3) is 10.0 Å². The van der Waals surface area contributed by atoms with Crippen LogP contribution in [0.15, 0.2) is 16.7 Å². The number of nitrogens with one attached hydrogen (secondary N) is 1. The van der Waals surface area contributed by atoms with Crippen LogP contribution < -0.4 is 4.72 Å². The molecule has 7 nitrogen and oxygen atoms in total. The Balaban J connectivity index is 2.31. The van der Waals surface area contributed by atoms with Crippen LogP contribution in [0.4, 0.5) is 5.13 Å². The number of imidazole rings is 1. The Kier molecular flexibility index (Phi) is 3.61. The average molecular weight is 321 g/mol. The predicted molar refractivity (Wildman–Crippen MR) is 71.1 cm³/mol. The highest BCUT2D eigenvalue weighted by atomic mass is 35.5. The molecule has 0 saturated heterocycles. The number of halogens is 1. The smallest absolute Gasteiger partial charge is 0.284 e. The zero-order valence-corrected chi connectivity index (χ0v) is 12.3. The van der Waals surface area contributed by atoms with Crippen LogP contribution in [0, 0.1) is 0 Å². The van der Waals surface area contributed by atoms with Gasteiger partial charge in [0, 0.05) is 19.4 Å². The summed E-state index contributed by atoms with van der Waals surface area (Å²) in [4.78, 5) is 18.7. The number of aromatic nitrogens is 3. The highest BCUT2D eigenvalue weighted by molar-refractivity contribution is 7.93. The number of carbonyl (C=O) groups excluding carboxylic acids is 1. The van der Waals surface area contributed by atoms with Gasteiger partial charge in [-0.3, -0.25) is 9.52 Å². The second-order valence-electron chi connectivity index (χ2n) is 3.65. The zero-order valence-electron chi connectivity index (χ0n) is 9.92. The summed E-state index contributed by atoms with van der Waals surface area (Å²) in [5.41, 5.74) is 0.204. The normalized spacial score (nSPS) is 11.5. The zero-order chi connectivity index (χ0) is 14.2. The first kappa shape index (κ1) is 14.0. The van der Waals surface area contributed by atoms with Crippen molar-refractivity contribution in [2.45, 2.75) is 11.9 Å². The Morgan fingerprint density at radius 2 is 2.21 bits per heavy atom. The van der Waals surface area contributed by atoms with Gasteiger partial charge in [0.05, 0.1) is 6.33 Å². The van der Waals surface area contributed by atoms with Crippen molar-refractivity contribution in [3.05, 3.63) is 22.6 Å². The maximum atomic E-state index is 12.0. The highest BCUT2D eigenvalue weighted by Crippen LogP contribution is 2.23. The van der Waals surface area contributed by atoms with E-state index in [4.69, 9.17) is 11.6 Å². The van der Waals surface area contributed by atoms with Crippen LogP contribution in [0.1, 0.15) is 17.4 Å². The van der Waals surface area contributed by atoms with Gasteiger partial charge in [-0.05, 0) is 0 Å². The summed E-state index contributed by atoms with van der Waals surface area (Å²) in [6.07, 6.45) is 1.29. The summed E-state index contributed by atoms with van der Waals surface area (Å²) in [5.74, 6) is -0.238. The first-order valence-corrected chi connectivity index (χ1v) is 7.71. The second-order valence-corrected chi connectivity index (χ2v) is 6.46. The molecule has 2 heterocycles. The quantitative estimate of drug-likeness (QED) is 0.862. The second kappa shape index (κ2) is 4.91. The predicted octanol–water partition coefficient (Wildman–Crippen LogP) is 1.53. The van der Waals surface area contributed by atoms with Gasteiger partial charge in [0.1, 0.15) is 10.8 Å². The molecule has 2 aromatic heterocycles. The third kappa shape index (κ3) is 2.77. The molecule has 0 aromatic carbocycles. The Hall–Kier alpha value is -1.45. The number of hydrogen-bond acceptors (Lipinski definition) is 6. The van der Waals surface area contributed by atoms with Crippen molar-refractivity contribution in [2.75, 3.05) is 4.72 Å². The van der Waals surface area contributed by atoms with Crippen molar-refractivity contribution in [1.29, 1.82) is 0 Å². The Labute approximate surface area is 118 Å². The van der Waals surface area contributed by atoms with E-state index in [1.807, 2.05) is 0 Å². The molecule has 0 atom stereocenters. The number of ketones is 1. The topological polar surface area (TPSA) is 94.0 Å². The molecule has 0 fully saturated rings. The minimum absolute atomic E-state index is 0.00384. The first-order chi connectivity index (χ1) is 8.81. The van der Waals surface area contributed by atoms with Crippen LogP contribution in [0.3, 0.4) is 0 Å². The van der Waals surface area contributed by atoms with Gasteiger partial charge in [-0.25, -0.2) is 9.97 Å². The SMILES string of the molecule is CC(=O)c1csc(NS(=O)(=O)c2ncn(C)c2Cl)n1. The van der Waals surface area contributed by atoms with Gasteiger partial charge in [-0.1, -0.05) is 11.6 Å².